The molecule has 5 nitrogen and oxygen atoms in total. The Morgan fingerprint density at radius 2 is 2.00 bits per heavy atom. The van der Waals surface area contributed by atoms with E-state index < -0.39 is 6.04 Å². The standard InChI is InChI=1S/C13H18N2O3/c1-4-12(16)15-11-7-5-6-10(8-11)14-9(2)13(17)18-3/h5-9,14H,4H2,1-3H3,(H,15,16). The van der Waals surface area contributed by atoms with Crippen molar-refractivity contribution in [1.29, 1.82) is 0 Å². The lowest BCUT2D eigenvalue weighted by atomic mass is 10.2. The molecule has 0 fully saturated rings. The molecule has 1 unspecified atom stereocenters. The summed E-state index contributed by atoms with van der Waals surface area (Å²) in [4.78, 5) is 22.5. The number of hydrogen-bond acceptors (Lipinski definition) is 4. The van der Waals surface area contributed by atoms with Crippen molar-refractivity contribution < 1.29 is 14.3 Å². The monoisotopic (exact) mass is 250 g/mol. The van der Waals surface area contributed by atoms with Crippen molar-refractivity contribution in [3.05, 3.63) is 24.3 Å². The van der Waals surface area contributed by atoms with Gasteiger partial charge in [-0.25, -0.2) is 4.79 Å². The molecule has 5 heteroatoms. The van der Waals surface area contributed by atoms with Crippen LogP contribution in [-0.4, -0.2) is 25.0 Å². The Bertz CT molecular complexity index is 432. The van der Waals surface area contributed by atoms with Gasteiger partial charge in [0.2, 0.25) is 5.91 Å². The number of carbonyl (C=O) groups excluding carboxylic acids is 2. The molecule has 1 aromatic carbocycles. The van der Waals surface area contributed by atoms with Crippen LogP contribution in [0.3, 0.4) is 0 Å². The van der Waals surface area contributed by atoms with Gasteiger partial charge in [0.05, 0.1) is 7.11 Å². The molecule has 2 N–H and O–H groups in total. The van der Waals surface area contributed by atoms with Gasteiger partial charge in [-0.1, -0.05) is 13.0 Å². The van der Waals surface area contributed by atoms with E-state index >= 15 is 0 Å². The number of amides is 1. The number of esters is 1. The normalized spacial score (nSPS) is 11.5. The molecule has 0 aliphatic rings. The number of carbonyl (C=O) groups is 2. The summed E-state index contributed by atoms with van der Waals surface area (Å²) in [5, 5.41) is 5.75. The molecule has 0 aliphatic heterocycles. The minimum atomic E-state index is -0.438. The first kappa shape index (κ1) is 14.0. The third-order valence-corrected chi connectivity index (χ3v) is 2.41. The van der Waals surface area contributed by atoms with E-state index in [0.717, 1.165) is 5.69 Å². The summed E-state index contributed by atoms with van der Waals surface area (Å²) in [5.74, 6) is -0.383. The van der Waals surface area contributed by atoms with Crippen LogP contribution < -0.4 is 10.6 Å². The lowest BCUT2D eigenvalue weighted by Gasteiger charge is -2.13. The molecule has 0 spiro atoms. The summed E-state index contributed by atoms with van der Waals surface area (Å²) in [7, 11) is 1.35. The van der Waals surface area contributed by atoms with Crippen LogP contribution in [-0.2, 0) is 14.3 Å². The molecular formula is C13H18N2O3. The molecule has 1 aromatic rings. The molecular weight excluding hydrogens is 232 g/mol. The van der Waals surface area contributed by atoms with Crippen molar-refractivity contribution in [2.45, 2.75) is 26.3 Å². The molecule has 1 atom stereocenters. The smallest absolute Gasteiger partial charge is 0.327 e. The number of anilines is 2. The van der Waals surface area contributed by atoms with E-state index in [2.05, 4.69) is 15.4 Å². The first-order chi connectivity index (χ1) is 8.56. The third-order valence-electron chi connectivity index (χ3n) is 2.41. The van der Waals surface area contributed by atoms with Crippen LogP contribution >= 0.6 is 0 Å². The van der Waals surface area contributed by atoms with Gasteiger partial charge in [0.15, 0.2) is 0 Å². The SMILES string of the molecule is CCC(=O)Nc1cccc(NC(C)C(=O)OC)c1. The summed E-state index contributed by atoms with van der Waals surface area (Å²) < 4.78 is 4.63. The molecule has 0 aromatic heterocycles. The van der Waals surface area contributed by atoms with Gasteiger partial charge < -0.3 is 15.4 Å². The quantitative estimate of drug-likeness (QED) is 0.784. The Hall–Kier alpha value is -2.04. The molecule has 0 aliphatic carbocycles. The fourth-order valence-corrected chi connectivity index (χ4v) is 1.42. The van der Waals surface area contributed by atoms with E-state index in [1.54, 1.807) is 32.0 Å². The van der Waals surface area contributed by atoms with Gasteiger partial charge in [0, 0.05) is 17.8 Å². The van der Waals surface area contributed by atoms with E-state index in [9.17, 15) is 9.59 Å². The zero-order chi connectivity index (χ0) is 13.5. The fraction of sp³-hybridized carbons (Fsp3) is 0.385. The minimum Gasteiger partial charge on any atom is -0.467 e. The number of hydrogen-bond donors (Lipinski definition) is 2. The first-order valence-corrected chi connectivity index (χ1v) is 5.81. The van der Waals surface area contributed by atoms with Gasteiger partial charge in [-0.3, -0.25) is 4.79 Å². The molecule has 18 heavy (non-hydrogen) atoms. The number of nitrogens with one attached hydrogen (secondary N) is 2. The zero-order valence-corrected chi connectivity index (χ0v) is 10.8. The minimum absolute atomic E-state index is 0.0480. The van der Waals surface area contributed by atoms with Crippen LogP contribution in [0.15, 0.2) is 24.3 Å². The van der Waals surface area contributed by atoms with Crippen LogP contribution in [0.5, 0.6) is 0 Å². The maximum Gasteiger partial charge on any atom is 0.327 e. The van der Waals surface area contributed by atoms with Crippen molar-refractivity contribution in [2.75, 3.05) is 17.7 Å². The highest BCUT2D eigenvalue weighted by molar-refractivity contribution is 5.91. The van der Waals surface area contributed by atoms with Crippen molar-refractivity contribution in [3.63, 3.8) is 0 Å². The van der Waals surface area contributed by atoms with Crippen LogP contribution in [0.25, 0.3) is 0 Å². The van der Waals surface area contributed by atoms with E-state index in [1.165, 1.54) is 7.11 Å². The Morgan fingerprint density at radius 3 is 2.61 bits per heavy atom. The highest BCUT2D eigenvalue weighted by Crippen LogP contribution is 2.16. The maximum absolute atomic E-state index is 11.3. The topological polar surface area (TPSA) is 67.4 Å². The van der Waals surface area contributed by atoms with Crippen molar-refractivity contribution >= 4 is 23.3 Å². The Labute approximate surface area is 107 Å². The number of methoxy groups -OCH3 is 1. The second-order valence-corrected chi connectivity index (χ2v) is 3.87. The second-order valence-electron chi connectivity index (χ2n) is 3.87. The predicted molar refractivity (Wildman–Crippen MR) is 70.5 cm³/mol. The Balaban J connectivity index is 2.70. The lowest BCUT2D eigenvalue weighted by molar-refractivity contribution is -0.141. The van der Waals surface area contributed by atoms with Gasteiger partial charge in [-0.15, -0.1) is 0 Å². The van der Waals surface area contributed by atoms with E-state index in [4.69, 9.17) is 0 Å². The average Bonchev–Trinajstić information content (AvgIpc) is 2.37. The van der Waals surface area contributed by atoms with Crippen molar-refractivity contribution in [1.82, 2.24) is 0 Å². The maximum atomic E-state index is 11.3. The number of benzene rings is 1. The van der Waals surface area contributed by atoms with E-state index in [0.29, 0.717) is 12.1 Å². The lowest BCUT2D eigenvalue weighted by Crippen LogP contribution is -2.27. The molecule has 0 bridgehead atoms. The molecule has 1 rings (SSSR count). The molecule has 98 valence electrons. The summed E-state index contributed by atoms with van der Waals surface area (Å²) in [6.07, 6.45) is 0.427. The second kappa shape index (κ2) is 6.64. The third kappa shape index (κ3) is 4.08. The Kier molecular flexibility index (Phi) is 5.17. The molecule has 0 saturated heterocycles. The summed E-state index contributed by atoms with van der Waals surface area (Å²) in [5.41, 5.74) is 1.45. The van der Waals surface area contributed by atoms with Crippen molar-refractivity contribution in [3.8, 4) is 0 Å². The largest absolute Gasteiger partial charge is 0.467 e. The zero-order valence-electron chi connectivity index (χ0n) is 10.8. The van der Waals surface area contributed by atoms with Gasteiger partial charge in [0.1, 0.15) is 6.04 Å². The fourth-order valence-electron chi connectivity index (χ4n) is 1.42. The van der Waals surface area contributed by atoms with Gasteiger partial charge >= 0.3 is 5.97 Å². The molecule has 1 amide bonds. The van der Waals surface area contributed by atoms with Gasteiger partial charge in [0.25, 0.3) is 0 Å². The molecule has 0 saturated carbocycles. The Morgan fingerprint density at radius 1 is 1.33 bits per heavy atom. The molecule has 0 radical (unpaired) electrons. The van der Waals surface area contributed by atoms with Crippen LogP contribution in [0.1, 0.15) is 20.3 Å². The average molecular weight is 250 g/mol. The van der Waals surface area contributed by atoms with Gasteiger partial charge in [-0.05, 0) is 25.1 Å². The van der Waals surface area contributed by atoms with Crippen molar-refractivity contribution in [2.24, 2.45) is 0 Å². The van der Waals surface area contributed by atoms with E-state index in [1.807, 2.05) is 6.07 Å². The van der Waals surface area contributed by atoms with Crippen LogP contribution in [0.4, 0.5) is 11.4 Å². The summed E-state index contributed by atoms with van der Waals surface area (Å²) in [6.45, 7) is 3.50. The summed E-state index contributed by atoms with van der Waals surface area (Å²) in [6, 6.07) is 6.75. The highest BCUT2D eigenvalue weighted by Gasteiger charge is 2.12. The number of rotatable bonds is 5. The first-order valence-electron chi connectivity index (χ1n) is 5.81. The predicted octanol–water partition coefficient (Wildman–Crippen LogP) is 2.01. The van der Waals surface area contributed by atoms with E-state index in [-0.39, 0.29) is 11.9 Å². The highest BCUT2D eigenvalue weighted by atomic mass is 16.5. The molecule has 0 heterocycles. The summed E-state index contributed by atoms with van der Waals surface area (Å²) >= 11 is 0. The van der Waals surface area contributed by atoms with Crippen LogP contribution in [0.2, 0.25) is 0 Å². The number of ether oxygens (including phenoxy) is 1. The van der Waals surface area contributed by atoms with Crippen LogP contribution in [0, 0.1) is 0 Å². The van der Waals surface area contributed by atoms with Gasteiger partial charge in [-0.2, -0.15) is 0 Å².